The van der Waals surface area contributed by atoms with Crippen molar-refractivity contribution in [1.82, 2.24) is 9.47 Å². The van der Waals surface area contributed by atoms with Crippen molar-refractivity contribution in [1.29, 1.82) is 0 Å². The maximum atomic E-state index is 12.6. The SMILES string of the molecule is CN(C)CCn1ccc2ccc(NC(=O)C3(C(=O)O)CC=CC3)cc21. The normalized spacial score (nSPS) is 15.8. The summed E-state index contributed by atoms with van der Waals surface area (Å²) in [5.41, 5.74) is 0.255. The minimum atomic E-state index is -1.39. The topological polar surface area (TPSA) is 74.6 Å². The molecule has 0 aliphatic heterocycles. The maximum absolute atomic E-state index is 12.6. The van der Waals surface area contributed by atoms with Gasteiger partial charge in [-0.3, -0.25) is 9.59 Å². The third-order valence-corrected chi connectivity index (χ3v) is 4.76. The second-order valence-electron chi connectivity index (χ2n) is 6.81. The van der Waals surface area contributed by atoms with E-state index in [-0.39, 0.29) is 12.8 Å². The molecular weight excluding hydrogens is 318 g/mol. The van der Waals surface area contributed by atoms with E-state index in [9.17, 15) is 14.7 Å². The summed E-state index contributed by atoms with van der Waals surface area (Å²) in [6, 6.07) is 7.70. The first-order valence-corrected chi connectivity index (χ1v) is 8.36. The standard InChI is InChI=1S/C19H23N3O3/c1-21(2)11-12-22-10-7-14-5-6-15(13-16(14)22)20-17(23)19(18(24)25)8-3-4-9-19/h3-7,10,13H,8-9,11-12H2,1-2H3,(H,20,23)(H,24,25). The zero-order valence-corrected chi connectivity index (χ0v) is 14.5. The first-order valence-electron chi connectivity index (χ1n) is 8.36. The summed E-state index contributed by atoms with van der Waals surface area (Å²) in [5.74, 6) is -1.54. The monoisotopic (exact) mass is 341 g/mol. The van der Waals surface area contributed by atoms with Crippen LogP contribution in [0.4, 0.5) is 5.69 Å². The molecule has 6 heteroatoms. The molecule has 0 saturated heterocycles. The molecule has 6 nitrogen and oxygen atoms in total. The van der Waals surface area contributed by atoms with Crippen molar-refractivity contribution in [2.24, 2.45) is 5.41 Å². The van der Waals surface area contributed by atoms with E-state index in [2.05, 4.69) is 14.8 Å². The molecule has 0 radical (unpaired) electrons. The highest BCUT2D eigenvalue weighted by Crippen LogP contribution is 2.35. The molecule has 1 heterocycles. The summed E-state index contributed by atoms with van der Waals surface area (Å²) in [4.78, 5) is 26.3. The van der Waals surface area contributed by atoms with Crippen LogP contribution in [0.1, 0.15) is 12.8 Å². The van der Waals surface area contributed by atoms with Gasteiger partial charge in [0.05, 0.1) is 5.52 Å². The Bertz CT molecular complexity index is 828. The van der Waals surface area contributed by atoms with E-state index in [0.717, 1.165) is 24.0 Å². The van der Waals surface area contributed by atoms with Crippen molar-refractivity contribution in [3.63, 3.8) is 0 Å². The van der Waals surface area contributed by atoms with Crippen LogP contribution in [0.2, 0.25) is 0 Å². The molecule has 0 atom stereocenters. The largest absolute Gasteiger partial charge is 0.480 e. The predicted octanol–water partition coefficient (Wildman–Crippen LogP) is 2.56. The molecule has 3 rings (SSSR count). The van der Waals surface area contributed by atoms with Crippen LogP contribution < -0.4 is 5.32 Å². The van der Waals surface area contributed by atoms with Crippen molar-refractivity contribution in [3.8, 4) is 0 Å². The zero-order chi connectivity index (χ0) is 18.0. The second-order valence-corrected chi connectivity index (χ2v) is 6.81. The first kappa shape index (κ1) is 17.2. The van der Waals surface area contributed by atoms with E-state index in [1.807, 2.05) is 44.6 Å². The molecule has 1 aromatic carbocycles. The number of amides is 1. The Morgan fingerprint density at radius 1 is 1.24 bits per heavy atom. The van der Waals surface area contributed by atoms with E-state index in [1.54, 1.807) is 12.2 Å². The Morgan fingerprint density at radius 2 is 1.96 bits per heavy atom. The van der Waals surface area contributed by atoms with E-state index in [0.29, 0.717) is 5.69 Å². The molecule has 2 N–H and O–H groups in total. The number of carboxylic acids is 1. The molecule has 2 aromatic rings. The van der Waals surface area contributed by atoms with Gasteiger partial charge in [0, 0.05) is 25.0 Å². The fourth-order valence-corrected chi connectivity index (χ4v) is 3.12. The summed E-state index contributed by atoms with van der Waals surface area (Å²) in [6.07, 6.45) is 6.00. The average Bonchev–Trinajstić information content (AvgIpc) is 3.20. The van der Waals surface area contributed by atoms with Gasteiger partial charge in [0.1, 0.15) is 0 Å². The second kappa shape index (κ2) is 6.72. The third kappa shape index (κ3) is 3.30. The quantitative estimate of drug-likeness (QED) is 0.625. The minimum absolute atomic E-state index is 0.232. The van der Waals surface area contributed by atoms with E-state index < -0.39 is 17.3 Å². The minimum Gasteiger partial charge on any atom is -0.480 e. The lowest BCUT2D eigenvalue weighted by Crippen LogP contribution is -2.41. The number of hydrogen-bond acceptors (Lipinski definition) is 3. The number of aromatic nitrogens is 1. The molecule has 0 fully saturated rings. The van der Waals surface area contributed by atoms with Crippen molar-refractivity contribution < 1.29 is 14.7 Å². The summed E-state index contributed by atoms with van der Waals surface area (Å²) >= 11 is 0. The molecule has 1 amide bonds. The Hall–Kier alpha value is -2.60. The number of aliphatic carboxylic acids is 1. The van der Waals surface area contributed by atoms with Gasteiger partial charge < -0.3 is 19.9 Å². The van der Waals surface area contributed by atoms with Gasteiger partial charge >= 0.3 is 5.97 Å². The highest BCUT2D eigenvalue weighted by Gasteiger charge is 2.46. The smallest absolute Gasteiger partial charge is 0.319 e. The lowest BCUT2D eigenvalue weighted by molar-refractivity contribution is -0.153. The third-order valence-electron chi connectivity index (χ3n) is 4.76. The van der Waals surface area contributed by atoms with Gasteiger partial charge in [0.15, 0.2) is 5.41 Å². The summed E-state index contributed by atoms with van der Waals surface area (Å²) in [6.45, 7) is 1.76. The number of carbonyl (C=O) groups is 2. The van der Waals surface area contributed by atoms with Crippen LogP contribution in [0, 0.1) is 5.41 Å². The van der Waals surface area contributed by atoms with Crippen LogP contribution in [0.15, 0.2) is 42.6 Å². The lowest BCUT2D eigenvalue weighted by Gasteiger charge is -2.22. The number of fused-ring (bicyclic) bond motifs is 1. The van der Waals surface area contributed by atoms with Crippen molar-refractivity contribution >= 4 is 28.5 Å². The number of allylic oxidation sites excluding steroid dienone is 2. The first-order chi connectivity index (χ1) is 11.9. The van der Waals surface area contributed by atoms with Crippen LogP contribution in [0.5, 0.6) is 0 Å². The van der Waals surface area contributed by atoms with Crippen LogP contribution in [0.25, 0.3) is 10.9 Å². The predicted molar refractivity (Wildman–Crippen MR) is 97.6 cm³/mol. The van der Waals surface area contributed by atoms with Crippen LogP contribution in [0.3, 0.4) is 0 Å². The number of nitrogens with one attached hydrogen (secondary N) is 1. The maximum Gasteiger partial charge on any atom is 0.319 e. The number of likely N-dealkylation sites (N-methyl/N-ethyl adjacent to an activating group) is 1. The van der Waals surface area contributed by atoms with Crippen molar-refractivity contribution in [2.45, 2.75) is 19.4 Å². The molecule has 0 unspecified atom stereocenters. The molecule has 0 bridgehead atoms. The number of rotatable bonds is 6. The molecule has 1 aliphatic carbocycles. The average molecular weight is 341 g/mol. The van der Waals surface area contributed by atoms with Gasteiger partial charge in [-0.15, -0.1) is 0 Å². The molecule has 1 aliphatic rings. The van der Waals surface area contributed by atoms with Gasteiger partial charge in [-0.25, -0.2) is 0 Å². The van der Waals surface area contributed by atoms with Gasteiger partial charge in [-0.2, -0.15) is 0 Å². The number of nitrogens with zero attached hydrogens (tertiary/aromatic N) is 2. The summed E-state index contributed by atoms with van der Waals surface area (Å²) in [5, 5.41) is 13.4. The van der Waals surface area contributed by atoms with E-state index in [1.165, 1.54) is 0 Å². The van der Waals surface area contributed by atoms with Crippen LogP contribution in [-0.4, -0.2) is 47.1 Å². The molecule has 25 heavy (non-hydrogen) atoms. The number of carboxylic acid groups (broad SMARTS) is 1. The molecule has 1 aromatic heterocycles. The Morgan fingerprint density at radius 3 is 2.60 bits per heavy atom. The lowest BCUT2D eigenvalue weighted by atomic mass is 9.84. The fourth-order valence-electron chi connectivity index (χ4n) is 3.12. The molecule has 0 saturated carbocycles. The Labute approximate surface area is 146 Å². The fraction of sp³-hybridized carbons (Fsp3) is 0.368. The highest BCUT2D eigenvalue weighted by atomic mass is 16.4. The van der Waals surface area contributed by atoms with Gasteiger partial charge in [-0.05, 0) is 50.5 Å². The summed E-state index contributed by atoms with van der Waals surface area (Å²) in [7, 11) is 4.05. The number of anilines is 1. The number of benzene rings is 1. The van der Waals surface area contributed by atoms with E-state index in [4.69, 9.17) is 0 Å². The molecular formula is C19H23N3O3. The number of hydrogen-bond donors (Lipinski definition) is 2. The van der Waals surface area contributed by atoms with Gasteiger partial charge in [0.2, 0.25) is 5.91 Å². The van der Waals surface area contributed by atoms with Crippen molar-refractivity contribution in [3.05, 3.63) is 42.6 Å². The highest BCUT2D eigenvalue weighted by molar-refractivity contribution is 6.09. The van der Waals surface area contributed by atoms with Gasteiger partial charge in [-0.1, -0.05) is 18.2 Å². The molecule has 132 valence electrons. The van der Waals surface area contributed by atoms with E-state index >= 15 is 0 Å². The Balaban J connectivity index is 1.83. The van der Waals surface area contributed by atoms with Crippen LogP contribution in [-0.2, 0) is 16.1 Å². The van der Waals surface area contributed by atoms with Crippen LogP contribution >= 0.6 is 0 Å². The Kier molecular flexibility index (Phi) is 4.63. The zero-order valence-electron chi connectivity index (χ0n) is 14.5. The molecule has 0 spiro atoms. The van der Waals surface area contributed by atoms with Crippen molar-refractivity contribution in [2.75, 3.05) is 26.0 Å². The van der Waals surface area contributed by atoms with Gasteiger partial charge in [0.25, 0.3) is 0 Å². The number of carbonyl (C=O) groups excluding carboxylic acids is 1. The summed E-state index contributed by atoms with van der Waals surface area (Å²) < 4.78 is 2.13.